The van der Waals surface area contributed by atoms with Crippen molar-refractivity contribution in [1.29, 1.82) is 0 Å². The third kappa shape index (κ3) is 31.2. The molecule has 0 bridgehead atoms. The molecular formula is C48H78N4O71S10. The van der Waals surface area contributed by atoms with Crippen LogP contribution in [0.4, 0.5) is 0 Å². The Morgan fingerprint density at radius 2 is 0.451 bits per heavy atom. The second-order valence-corrected chi connectivity index (χ2v) is 39.4. The number of carbonyl (C=O) groups is 4. The fraction of sp³-hybridized carbons (Fsp3) is 0.917. The van der Waals surface area contributed by atoms with E-state index in [-0.39, 0.29) is 0 Å². The standard InChI is InChI=1S/C48H78N4O71S10/c53-13-5(1-103-128(85,86)87)107-42(9(14(13)54)49-124(73,74)75)116-28-19(59)21(61)46(119-34(28)38(66)67)112-24-6(2-104-129(88,89)90)108-44(10(15(24)55)50-125(76,77)78)117-29-22(62)31(122-132(97,98)99)48(120-35(29)39(68)69)114-26-8(4-106-131(94,95)96)110-45(12(17(26)57)52-127(82,83)84)118-30-23(63)32(123-133(100,101)102)47(121-36(30)40(70)71)113-25-7(3-105-130(91,92)93)109-43(11(16(25)56)51-126(79,80)81)115-27-18(58)20(60)41(72)111-33(27)37(64)65/h5-36,41-63,72H,1-4H2,(H,64,65)(H,66,67)(H,68,69)(H,70,71)(H,73,74,75)(H,76,77,78)(H,79,80,81)(H,82,83,84)(H,85,86,87)(H,88,89,90)(H,91,92,93)(H,94,95,96)(H,97,98,99)(H,100,101,102)/t5-,6-,7-,8-,9-,10-,11-,12-,13-,14-,15-,16-,17-,18-,19-,20-,21-,22+,23+,24-,25-,26-,27+,28+,29+,30+,31-,32-,33+,34+,35+,36+,41?,42-,43-,44-,45-,46-,47-,48-/m1/s1. The molecule has 8 aliphatic heterocycles. The number of carboxylic acids is 4. The summed E-state index contributed by atoms with van der Waals surface area (Å²) in [6, 6.07) is -12.0. The number of hydrogen-bond acceptors (Lipinski definition) is 57. The summed E-state index contributed by atoms with van der Waals surface area (Å²) in [6.45, 7) is -7.54. The fourth-order valence-electron chi connectivity index (χ4n) is 13.6. The van der Waals surface area contributed by atoms with E-state index in [2.05, 4.69) is 29.8 Å². The van der Waals surface area contributed by atoms with Crippen LogP contribution in [-0.4, -0.2) is 507 Å². The van der Waals surface area contributed by atoms with Gasteiger partial charge in [-0.3, -0.25) is 45.5 Å². The van der Waals surface area contributed by atoms with Gasteiger partial charge in [0.05, 0.1) is 26.4 Å². The average Bonchev–Trinajstić information content (AvgIpc) is 0.760. The van der Waals surface area contributed by atoms with Gasteiger partial charge < -0.3 is 153 Å². The maximum absolute atomic E-state index is 13.4. The van der Waals surface area contributed by atoms with Crippen molar-refractivity contribution < 1.29 is 327 Å². The molecule has 0 saturated carbocycles. The van der Waals surface area contributed by atoms with E-state index in [1.165, 1.54) is 9.44 Å². The van der Waals surface area contributed by atoms with Crippen LogP contribution in [0.15, 0.2) is 0 Å². The predicted octanol–water partition coefficient (Wildman–Crippen LogP) is -21.5. The van der Waals surface area contributed by atoms with Gasteiger partial charge in [-0.2, -0.15) is 103 Å². The molecule has 30 N–H and O–H groups in total. The number of hydrogen-bond donors (Lipinski definition) is 30. The summed E-state index contributed by atoms with van der Waals surface area (Å²) in [5.41, 5.74) is 0. The van der Waals surface area contributed by atoms with Crippen molar-refractivity contribution in [2.24, 2.45) is 0 Å². The Kier molecular flexibility index (Phi) is 37.2. The van der Waals surface area contributed by atoms with E-state index in [1.807, 2.05) is 0 Å². The zero-order chi connectivity index (χ0) is 101. The molecule has 0 aromatic heterocycles. The number of aliphatic hydroxyl groups is 12. The molecule has 776 valence electrons. The van der Waals surface area contributed by atoms with Crippen LogP contribution >= 0.6 is 0 Å². The van der Waals surface area contributed by atoms with Crippen LogP contribution in [0.25, 0.3) is 0 Å². The Morgan fingerprint density at radius 1 is 0.226 bits per heavy atom. The van der Waals surface area contributed by atoms with Crippen molar-refractivity contribution in [3.05, 3.63) is 0 Å². The van der Waals surface area contributed by atoms with Crippen LogP contribution < -0.4 is 18.9 Å². The lowest BCUT2D eigenvalue weighted by Gasteiger charge is -2.50. The smallest absolute Gasteiger partial charge is 0.397 e. The maximum atomic E-state index is 13.4. The monoisotopic (exact) mass is 2170 g/mol. The SMILES string of the molecule is O=C(O)[C@H]1O[C@@H](O[C@H]2[C@H](O)[C@@H](NS(=O)(=O)O)[C@@H](O[C@H]3[C@H](O)[C@@H](OS(=O)(=O)O)[C@H](O[C@H]4[C@H](O)[C@@H](NS(=O)(=O)O)[C@@H](O[C@H]5[C@H](O)[C@@H](OS(=O)(=O)O)[C@H](O[C@H]6[C@H](O)[C@@H](NS(=O)(=O)O)[C@@H](O[C@H]7[C@H](O)[C@@H](O)C(O)O[C@@H]7C(=O)O)O[C@@H]6COS(=O)(=O)O)O[C@@H]5C(=O)O)O[C@@H]4COS(=O)(=O)O)O[C@@H]3C(=O)O)O[C@@H]2COS(=O)(=O)O)[C@H](O)[C@@H](O)[C@@H]1O[C@H]1O[C@H](COS(=O)(=O)O)[C@@H](O)[C@H](O)[C@H]1NS(=O)(=O)O. The largest absolute Gasteiger partial charge is 0.479 e. The first-order valence-electron chi connectivity index (χ1n) is 35.1. The maximum Gasteiger partial charge on any atom is 0.397 e. The quantitative estimate of drug-likeness (QED) is 0.0252. The zero-order valence-corrected chi connectivity index (χ0v) is 72.2. The van der Waals surface area contributed by atoms with E-state index in [0.717, 1.165) is 9.44 Å². The third-order valence-electron chi connectivity index (χ3n) is 19.0. The van der Waals surface area contributed by atoms with Crippen LogP contribution in [0.5, 0.6) is 0 Å². The first-order chi connectivity index (χ1) is 60.4. The van der Waals surface area contributed by atoms with Gasteiger partial charge in [0.25, 0.3) is 0 Å². The molecule has 85 heteroatoms. The molecule has 40 atom stereocenters. The van der Waals surface area contributed by atoms with Crippen molar-refractivity contribution >= 4 is 127 Å². The fourth-order valence-corrected chi connectivity index (χ4v) is 18.2. The molecule has 1 unspecified atom stereocenters. The van der Waals surface area contributed by atoms with Crippen LogP contribution in [0.1, 0.15) is 0 Å². The Labute approximate surface area is 741 Å². The molecule has 8 aliphatic rings. The molecule has 0 aromatic rings. The number of ether oxygens (including phenoxy) is 15. The Morgan fingerprint density at radius 3 is 0.714 bits per heavy atom. The van der Waals surface area contributed by atoms with Gasteiger partial charge in [0, 0.05) is 0 Å². The average molecular weight is 2170 g/mol. The third-order valence-corrected chi connectivity index (χ3v) is 24.0. The molecule has 0 spiro atoms. The lowest BCUT2D eigenvalue weighted by atomic mass is 9.94. The molecule has 8 heterocycles. The van der Waals surface area contributed by atoms with Crippen LogP contribution in [0.3, 0.4) is 0 Å². The normalized spacial score (nSPS) is 40.9. The highest BCUT2D eigenvalue weighted by atomic mass is 32.3. The number of nitrogens with one attached hydrogen (secondary N) is 4. The second kappa shape index (κ2) is 43.5. The highest BCUT2D eigenvalue weighted by Crippen LogP contribution is 2.42. The molecule has 8 rings (SSSR count). The topological polar surface area (TPSA) is 1180 Å². The van der Waals surface area contributed by atoms with Gasteiger partial charge in [-0.25, -0.2) is 44.3 Å². The van der Waals surface area contributed by atoms with E-state index in [1.54, 1.807) is 0 Å². The van der Waals surface area contributed by atoms with Gasteiger partial charge in [0.2, 0.25) is 0 Å². The Hall–Kier alpha value is -4.50. The lowest BCUT2D eigenvalue weighted by Crippen LogP contribution is -2.71. The van der Waals surface area contributed by atoms with Crippen molar-refractivity contribution in [1.82, 2.24) is 18.9 Å². The summed E-state index contributed by atoms with van der Waals surface area (Å²) >= 11 is 0. The van der Waals surface area contributed by atoms with Crippen molar-refractivity contribution in [3.8, 4) is 0 Å². The summed E-state index contributed by atoms with van der Waals surface area (Å²) in [4.78, 5) is 51.8. The molecule has 8 saturated heterocycles. The molecule has 75 nitrogen and oxygen atoms in total. The summed E-state index contributed by atoms with van der Waals surface area (Å²) in [5.74, 6) is -9.94. The highest BCUT2D eigenvalue weighted by Gasteiger charge is 2.64. The minimum atomic E-state index is -6.46. The zero-order valence-electron chi connectivity index (χ0n) is 64.0. The van der Waals surface area contributed by atoms with E-state index in [0.29, 0.717) is 0 Å². The van der Waals surface area contributed by atoms with Crippen molar-refractivity contribution in [2.45, 2.75) is 245 Å². The van der Waals surface area contributed by atoms with Crippen LogP contribution in [0, 0.1) is 0 Å². The molecule has 0 aliphatic carbocycles. The van der Waals surface area contributed by atoms with E-state index < -0.39 is 399 Å². The van der Waals surface area contributed by atoms with Gasteiger partial charge >= 0.3 is 127 Å². The van der Waals surface area contributed by atoms with Gasteiger partial charge in [0.1, 0.15) is 158 Å². The van der Waals surface area contributed by atoms with Gasteiger partial charge in [-0.05, 0) is 0 Å². The molecule has 0 radical (unpaired) electrons. The van der Waals surface area contributed by atoms with Gasteiger partial charge in [0.15, 0.2) is 86.9 Å². The van der Waals surface area contributed by atoms with Crippen molar-refractivity contribution in [3.63, 3.8) is 0 Å². The van der Waals surface area contributed by atoms with Crippen LogP contribution in [0.2, 0.25) is 0 Å². The van der Waals surface area contributed by atoms with Gasteiger partial charge in [-0.1, -0.05) is 0 Å². The summed E-state index contributed by atoms with van der Waals surface area (Å²) < 4.78 is 453. The van der Waals surface area contributed by atoms with E-state index in [4.69, 9.17) is 70.9 Å². The molecule has 0 amide bonds. The number of aliphatic hydroxyl groups excluding tert-OH is 12. The summed E-state index contributed by atoms with van der Waals surface area (Å²) in [5, 5.41) is 177. The number of carboxylic acid groups (broad SMARTS) is 4. The molecule has 8 fully saturated rings. The minimum Gasteiger partial charge on any atom is -0.479 e. The minimum absolute atomic E-state index is 1.08. The van der Waals surface area contributed by atoms with Gasteiger partial charge in [-0.15, -0.1) is 0 Å². The predicted molar refractivity (Wildman–Crippen MR) is 379 cm³/mol. The second-order valence-electron chi connectivity index (χ2n) is 28.1. The molecular weight excluding hydrogens is 2090 g/mol. The molecule has 0 aromatic carbocycles. The Bertz CT molecular complexity index is 5290. The van der Waals surface area contributed by atoms with E-state index in [9.17, 15) is 226 Å². The number of rotatable bonds is 42. The summed E-state index contributed by atoms with van der Waals surface area (Å²) in [6.07, 6.45) is -110. The summed E-state index contributed by atoms with van der Waals surface area (Å²) in [7, 11) is -60.1. The first-order valence-corrected chi connectivity index (χ1v) is 49.0. The number of aliphatic carboxylic acids is 4. The van der Waals surface area contributed by atoms with Crippen molar-refractivity contribution in [2.75, 3.05) is 26.4 Å². The lowest BCUT2D eigenvalue weighted by molar-refractivity contribution is -0.379. The van der Waals surface area contributed by atoms with E-state index >= 15 is 0 Å². The van der Waals surface area contributed by atoms with Crippen LogP contribution in [-0.2, 0) is 219 Å². The first kappa shape index (κ1) is 114. The Balaban J connectivity index is 1.12. The molecule has 133 heavy (non-hydrogen) atoms. The highest BCUT2D eigenvalue weighted by molar-refractivity contribution is 7.85.